The van der Waals surface area contributed by atoms with Crippen molar-refractivity contribution in [2.45, 2.75) is 29.8 Å². The van der Waals surface area contributed by atoms with Crippen LogP contribution in [-0.2, 0) is 0 Å². The Bertz CT molecular complexity index is 641. The molecule has 4 nitrogen and oxygen atoms in total. The van der Waals surface area contributed by atoms with Crippen LogP contribution < -0.4 is 0 Å². The quantitative estimate of drug-likeness (QED) is 0.635. The molecule has 0 radical (unpaired) electrons. The highest BCUT2D eigenvalue weighted by Gasteiger charge is 2.51. The molecule has 0 saturated heterocycles. The van der Waals surface area contributed by atoms with Crippen LogP contribution in [0, 0.1) is 19.8 Å². The van der Waals surface area contributed by atoms with Crippen LogP contribution in [0.4, 0.5) is 0 Å². The average molecular weight is 329 g/mol. The first-order valence-electron chi connectivity index (χ1n) is 6.34. The van der Waals surface area contributed by atoms with E-state index in [2.05, 4.69) is 40.6 Å². The molecule has 1 aromatic carbocycles. The van der Waals surface area contributed by atoms with E-state index in [1.165, 1.54) is 5.56 Å². The molecule has 106 valence electrons. The lowest BCUT2D eigenvalue weighted by molar-refractivity contribution is 0.750. The highest BCUT2D eigenvalue weighted by atomic mass is 35.5. The smallest absolute Gasteiger partial charge is 0.187 e. The molecule has 0 unspecified atom stereocenters. The van der Waals surface area contributed by atoms with E-state index in [-0.39, 0.29) is 0 Å². The van der Waals surface area contributed by atoms with Crippen LogP contribution in [0.5, 0.6) is 0 Å². The summed E-state index contributed by atoms with van der Waals surface area (Å²) >= 11 is 13.7. The third kappa shape index (κ3) is 2.80. The fourth-order valence-corrected chi connectivity index (χ4v) is 3.81. The number of halogens is 2. The van der Waals surface area contributed by atoms with Gasteiger partial charge in [0.2, 0.25) is 5.16 Å². The fourth-order valence-electron chi connectivity index (χ4n) is 1.99. The average Bonchev–Trinajstić information content (AvgIpc) is 2.82. The summed E-state index contributed by atoms with van der Waals surface area (Å²) in [6.45, 7) is 4.11. The maximum Gasteiger partial charge on any atom is 0.214 e. The Balaban J connectivity index is 1.81. The van der Waals surface area contributed by atoms with E-state index in [1.807, 2.05) is 6.92 Å². The Morgan fingerprint density at radius 1 is 1.40 bits per heavy atom. The first-order chi connectivity index (χ1) is 9.47. The van der Waals surface area contributed by atoms with Gasteiger partial charge in [-0.1, -0.05) is 23.9 Å². The fraction of sp³-hybridized carbons (Fsp3) is 0.462. The second-order valence-electron chi connectivity index (χ2n) is 5.14. The van der Waals surface area contributed by atoms with Crippen LogP contribution >= 0.6 is 35.0 Å². The summed E-state index contributed by atoms with van der Waals surface area (Å²) in [4.78, 5) is 0. The van der Waals surface area contributed by atoms with Gasteiger partial charge in [0.05, 0.1) is 5.69 Å². The van der Waals surface area contributed by atoms with Gasteiger partial charge in [-0.25, -0.2) is 0 Å². The summed E-state index contributed by atoms with van der Waals surface area (Å²) in [5, 5.41) is 12.7. The minimum Gasteiger partial charge on any atom is -0.187 e. The summed E-state index contributed by atoms with van der Waals surface area (Å²) < 4.78 is 1.23. The van der Waals surface area contributed by atoms with Crippen molar-refractivity contribution < 1.29 is 0 Å². The Kier molecular flexibility index (Phi) is 3.69. The number of hydrogen-bond donors (Lipinski definition) is 0. The van der Waals surface area contributed by atoms with Crippen LogP contribution in [0.1, 0.15) is 17.5 Å². The third-order valence-corrected chi connectivity index (χ3v) is 5.41. The van der Waals surface area contributed by atoms with Crippen molar-refractivity contribution in [1.29, 1.82) is 0 Å². The zero-order valence-corrected chi connectivity index (χ0v) is 13.5. The van der Waals surface area contributed by atoms with Crippen molar-refractivity contribution in [2.75, 3.05) is 5.75 Å². The molecular formula is C13H14Cl2N4S. The molecular weight excluding hydrogens is 315 g/mol. The molecule has 1 aromatic heterocycles. The molecule has 0 aliphatic heterocycles. The predicted molar refractivity (Wildman–Crippen MR) is 81.9 cm³/mol. The van der Waals surface area contributed by atoms with Gasteiger partial charge in [-0.15, -0.1) is 28.3 Å². The summed E-state index contributed by atoms with van der Waals surface area (Å²) in [6, 6.07) is 6.24. The predicted octanol–water partition coefficient (Wildman–Crippen LogP) is 3.57. The normalized spacial score (nSPS) is 20.1. The van der Waals surface area contributed by atoms with E-state index in [4.69, 9.17) is 23.2 Å². The van der Waals surface area contributed by atoms with E-state index in [9.17, 15) is 0 Å². The number of hydrogen-bond acceptors (Lipinski definition) is 4. The van der Waals surface area contributed by atoms with E-state index in [1.54, 1.807) is 16.4 Å². The van der Waals surface area contributed by atoms with Crippen molar-refractivity contribution in [3.8, 4) is 5.69 Å². The highest BCUT2D eigenvalue weighted by Crippen LogP contribution is 2.54. The van der Waals surface area contributed by atoms with Gasteiger partial charge in [-0.3, -0.25) is 0 Å². The van der Waals surface area contributed by atoms with Crippen LogP contribution in [0.2, 0.25) is 0 Å². The van der Waals surface area contributed by atoms with Crippen LogP contribution in [0.15, 0.2) is 23.4 Å². The molecule has 0 bridgehead atoms. The van der Waals surface area contributed by atoms with Crippen LogP contribution in [0.3, 0.4) is 0 Å². The minimum absolute atomic E-state index is 0.319. The number of tetrazole rings is 1. The molecule has 1 aliphatic carbocycles. The number of aromatic nitrogens is 4. The van der Waals surface area contributed by atoms with Crippen molar-refractivity contribution >= 4 is 35.0 Å². The molecule has 0 spiro atoms. The maximum absolute atomic E-state index is 6.04. The maximum atomic E-state index is 6.04. The Hall–Kier alpha value is -0.780. The zero-order valence-electron chi connectivity index (χ0n) is 11.2. The van der Waals surface area contributed by atoms with Gasteiger partial charge in [-0.05, 0) is 47.9 Å². The summed E-state index contributed by atoms with van der Waals surface area (Å²) in [5.74, 6) is 1.15. The molecule has 1 fully saturated rings. The van der Waals surface area contributed by atoms with Crippen LogP contribution in [-0.4, -0.2) is 30.3 Å². The molecule has 7 heteroatoms. The Morgan fingerprint density at radius 3 is 2.85 bits per heavy atom. The number of benzene rings is 1. The Labute approximate surface area is 131 Å². The minimum atomic E-state index is -0.551. The molecule has 0 amide bonds. The van der Waals surface area contributed by atoms with Gasteiger partial charge >= 0.3 is 0 Å². The number of aryl methyl sites for hydroxylation is 2. The van der Waals surface area contributed by atoms with E-state index >= 15 is 0 Å². The standard InChI is InChI=1S/C13H14Cl2N4S/c1-8-3-4-9(2)11(5-8)19-12(16-17-18-19)20-7-10-6-13(10,14)15/h3-5,10H,6-7H2,1-2H3/t10-/m0/s1. The first kappa shape index (κ1) is 14.2. The lowest BCUT2D eigenvalue weighted by atomic mass is 10.1. The van der Waals surface area contributed by atoms with E-state index < -0.39 is 4.33 Å². The first-order valence-corrected chi connectivity index (χ1v) is 8.08. The van der Waals surface area contributed by atoms with Crippen molar-refractivity contribution in [3.05, 3.63) is 29.3 Å². The van der Waals surface area contributed by atoms with E-state index in [0.717, 1.165) is 28.6 Å². The van der Waals surface area contributed by atoms with Gasteiger partial charge in [0.25, 0.3) is 0 Å². The summed E-state index contributed by atoms with van der Waals surface area (Å²) in [5.41, 5.74) is 3.33. The number of rotatable bonds is 4. The molecule has 2 aromatic rings. The molecule has 20 heavy (non-hydrogen) atoms. The number of alkyl halides is 2. The molecule has 3 rings (SSSR count). The van der Waals surface area contributed by atoms with Gasteiger partial charge in [0, 0.05) is 11.7 Å². The van der Waals surface area contributed by atoms with Crippen molar-refractivity contribution in [2.24, 2.45) is 5.92 Å². The van der Waals surface area contributed by atoms with E-state index in [0.29, 0.717) is 5.92 Å². The molecule has 1 atom stereocenters. The largest absolute Gasteiger partial charge is 0.214 e. The molecule has 1 aliphatic rings. The zero-order chi connectivity index (χ0) is 14.3. The van der Waals surface area contributed by atoms with Gasteiger partial charge < -0.3 is 0 Å². The lowest BCUT2D eigenvalue weighted by Crippen LogP contribution is -2.03. The summed E-state index contributed by atoms with van der Waals surface area (Å²) in [7, 11) is 0. The number of nitrogens with zero attached hydrogens (tertiary/aromatic N) is 4. The van der Waals surface area contributed by atoms with Crippen LogP contribution in [0.25, 0.3) is 5.69 Å². The Morgan fingerprint density at radius 2 is 2.15 bits per heavy atom. The van der Waals surface area contributed by atoms with Gasteiger partial charge in [0.1, 0.15) is 4.33 Å². The highest BCUT2D eigenvalue weighted by molar-refractivity contribution is 7.99. The molecule has 1 saturated carbocycles. The lowest BCUT2D eigenvalue weighted by Gasteiger charge is -2.08. The molecule has 1 heterocycles. The number of thioether (sulfide) groups is 1. The summed E-state index contributed by atoms with van der Waals surface area (Å²) in [6.07, 6.45) is 0.841. The second-order valence-corrected chi connectivity index (χ2v) is 7.67. The second kappa shape index (κ2) is 5.20. The van der Waals surface area contributed by atoms with Crippen molar-refractivity contribution in [3.63, 3.8) is 0 Å². The molecule has 0 N–H and O–H groups in total. The monoisotopic (exact) mass is 328 g/mol. The SMILES string of the molecule is Cc1ccc(C)c(-n2nnnc2SC[C@@H]2CC2(Cl)Cl)c1. The van der Waals surface area contributed by atoms with Gasteiger partial charge in [-0.2, -0.15) is 4.68 Å². The van der Waals surface area contributed by atoms with Gasteiger partial charge in [0.15, 0.2) is 0 Å². The van der Waals surface area contributed by atoms with Crippen molar-refractivity contribution in [1.82, 2.24) is 20.2 Å². The third-order valence-electron chi connectivity index (χ3n) is 3.40. The topological polar surface area (TPSA) is 43.6 Å².